The van der Waals surface area contributed by atoms with Crippen molar-refractivity contribution in [3.8, 4) is 11.3 Å². The van der Waals surface area contributed by atoms with E-state index in [9.17, 15) is 9.90 Å². The first-order chi connectivity index (χ1) is 9.58. The van der Waals surface area contributed by atoms with Gasteiger partial charge >= 0.3 is 0 Å². The fourth-order valence-corrected chi connectivity index (χ4v) is 1.55. The van der Waals surface area contributed by atoms with Crippen LogP contribution in [0.3, 0.4) is 0 Å². The molecule has 0 saturated carbocycles. The van der Waals surface area contributed by atoms with Crippen LogP contribution in [0.25, 0.3) is 11.3 Å². The van der Waals surface area contributed by atoms with Crippen LogP contribution in [0.4, 0.5) is 0 Å². The Hall–Kier alpha value is -2.21. The number of carbonyl (C=O) groups is 1. The number of rotatable bonds is 5. The van der Waals surface area contributed by atoms with E-state index < -0.39 is 6.10 Å². The summed E-state index contributed by atoms with van der Waals surface area (Å²) in [6, 6.07) is 5.14. The number of aliphatic hydroxyl groups is 1. The molecule has 2 heterocycles. The summed E-state index contributed by atoms with van der Waals surface area (Å²) >= 11 is 0. The van der Waals surface area contributed by atoms with Gasteiger partial charge < -0.3 is 14.9 Å². The monoisotopic (exact) mass is 275 g/mol. The lowest BCUT2D eigenvalue weighted by molar-refractivity contribution is 0.0863. The van der Waals surface area contributed by atoms with Crippen molar-refractivity contribution >= 4 is 5.91 Å². The zero-order valence-corrected chi connectivity index (χ0v) is 11.4. The van der Waals surface area contributed by atoms with Crippen LogP contribution in [0.2, 0.25) is 0 Å². The van der Waals surface area contributed by atoms with Gasteiger partial charge in [-0.1, -0.05) is 19.0 Å². The molecule has 6 nitrogen and oxygen atoms in total. The Bertz CT molecular complexity index is 566. The zero-order valence-electron chi connectivity index (χ0n) is 11.4. The SMILES string of the molecule is CC(C)C(O)CNC(=O)c1cc(-c2cccnc2)on1. The summed E-state index contributed by atoms with van der Waals surface area (Å²) in [6.45, 7) is 3.95. The van der Waals surface area contributed by atoms with Gasteiger partial charge in [0, 0.05) is 30.6 Å². The number of aliphatic hydroxyl groups excluding tert-OH is 1. The van der Waals surface area contributed by atoms with E-state index in [1.54, 1.807) is 24.5 Å². The number of nitrogens with one attached hydrogen (secondary N) is 1. The molecule has 1 unspecified atom stereocenters. The van der Waals surface area contributed by atoms with Crippen LogP contribution >= 0.6 is 0 Å². The first-order valence-electron chi connectivity index (χ1n) is 6.41. The third kappa shape index (κ3) is 3.42. The van der Waals surface area contributed by atoms with Gasteiger partial charge in [0.05, 0.1) is 6.10 Å². The molecule has 0 spiro atoms. The summed E-state index contributed by atoms with van der Waals surface area (Å²) in [5.41, 5.74) is 0.932. The first-order valence-corrected chi connectivity index (χ1v) is 6.41. The number of hydrogen-bond acceptors (Lipinski definition) is 5. The van der Waals surface area contributed by atoms with E-state index in [4.69, 9.17) is 4.52 Å². The highest BCUT2D eigenvalue weighted by Gasteiger charge is 2.16. The van der Waals surface area contributed by atoms with Gasteiger partial charge in [-0.3, -0.25) is 9.78 Å². The van der Waals surface area contributed by atoms with Crippen molar-refractivity contribution in [3.63, 3.8) is 0 Å². The van der Waals surface area contributed by atoms with Crippen molar-refractivity contribution in [1.29, 1.82) is 0 Å². The standard InChI is InChI=1S/C14H17N3O3/c1-9(2)12(18)8-16-14(19)11-6-13(20-17-11)10-4-3-5-15-7-10/h3-7,9,12,18H,8H2,1-2H3,(H,16,19). The lowest BCUT2D eigenvalue weighted by Crippen LogP contribution is -2.34. The molecule has 0 aliphatic carbocycles. The maximum absolute atomic E-state index is 11.9. The molecule has 2 aromatic heterocycles. The first kappa shape index (κ1) is 14.2. The number of amides is 1. The molecule has 0 aromatic carbocycles. The Morgan fingerprint density at radius 2 is 2.30 bits per heavy atom. The third-order valence-corrected chi connectivity index (χ3v) is 2.93. The summed E-state index contributed by atoms with van der Waals surface area (Å²) in [5.74, 6) is 0.190. The van der Waals surface area contributed by atoms with Gasteiger partial charge in [0.15, 0.2) is 11.5 Å². The Kier molecular flexibility index (Phi) is 4.47. The van der Waals surface area contributed by atoms with E-state index in [2.05, 4.69) is 15.5 Å². The molecule has 1 amide bonds. The number of pyridine rings is 1. The van der Waals surface area contributed by atoms with Crippen molar-refractivity contribution in [2.24, 2.45) is 5.92 Å². The number of aromatic nitrogens is 2. The second kappa shape index (κ2) is 6.29. The normalized spacial score (nSPS) is 12.4. The van der Waals surface area contributed by atoms with Crippen LogP contribution in [-0.2, 0) is 0 Å². The minimum atomic E-state index is -0.580. The lowest BCUT2D eigenvalue weighted by Gasteiger charge is -2.14. The van der Waals surface area contributed by atoms with E-state index in [0.29, 0.717) is 5.76 Å². The smallest absolute Gasteiger partial charge is 0.273 e. The average Bonchev–Trinajstić information content (AvgIpc) is 2.95. The van der Waals surface area contributed by atoms with Gasteiger partial charge in [0.25, 0.3) is 5.91 Å². The Morgan fingerprint density at radius 1 is 1.50 bits per heavy atom. The van der Waals surface area contributed by atoms with Gasteiger partial charge in [0.2, 0.25) is 0 Å². The molecule has 2 N–H and O–H groups in total. The summed E-state index contributed by atoms with van der Waals surface area (Å²) < 4.78 is 5.11. The molecular weight excluding hydrogens is 258 g/mol. The number of nitrogens with zero attached hydrogens (tertiary/aromatic N) is 2. The van der Waals surface area contributed by atoms with E-state index in [1.165, 1.54) is 0 Å². The number of carbonyl (C=O) groups excluding carboxylic acids is 1. The van der Waals surface area contributed by atoms with Crippen LogP contribution in [0, 0.1) is 5.92 Å². The van der Waals surface area contributed by atoms with Gasteiger partial charge in [-0.2, -0.15) is 0 Å². The molecule has 0 radical (unpaired) electrons. The van der Waals surface area contributed by atoms with Gasteiger partial charge in [-0.05, 0) is 18.1 Å². The van der Waals surface area contributed by atoms with Crippen LogP contribution < -0.4 is 5.32 Å². The molecule has 0 fully saturated rings. The zero-order chi connectivity index (χ0) is 14.5. The highest BCUT2D eigenvalue weighted by molar-refractivity contribution is 5.93. The number of hydrogen-bond donors (Lipinski definition) is 2. The molecule has 1 atom stereocenters. The van der Waals surface area contributed by atoms with Gasteiger partial charge in [-0.25, -0.2) is 0 Å². The summed E-state index contributed by atoms with van der Waals surface area (Å²) in [4.78, 5) is 15.8. The van der Waals surface area contributed by atoms with Crippen molar-refractivity contribution in [2.45, 2.75) is 20.0 Å². The van der Waals surface area contributed by atoms with Crippen molar-refractivity contribution < 1.29 is 14.4 Å². The van der Waals surface area contributed by atoms with Gasteiger partial charge in [-0.15, -0.1) is 0 Å². The predicted molar refractivity (Wildman–Crippen MR) is 72.9 cm³/mol. The second-order valence-electron chi connectivity index (χ2n) is 4.84. The molecule has 2 aromatic rings. The minimum Gasteiger partial charge on any atom is -0.391 e. The molecule has 6 heteroatoms. The van der Waals surface area contributed by atoms with E-state index in [-0.39, 0.29) is 24.1 Å². The van der Waals surface area contributed by atoms with E-state index in [1.807, 2.05) is 19.9 Å². The van der Waals surface area contributed by atoms with E-state index in [0.717, 1.165) is 5.56 Å². The highest BCUT2D eigenvalue weighted by atomic mass is 16.5. The highest BCUT2D eigenvalue weighted by Crippen LogP contribution is 2.18. The van der Waals surface area contributed by atoms with Crippen molar-refractivity contribution in [1.82, 2.24) is 15.5 Å². The van der Waals surface area contributed by atoms with Crippen molar-refractivity contribution in [2.75, 3.05) is 6.54 Å². The molecule has 106 valence electrons. The van der Waals surface area contributed by atoms with Gasteiger partial charge in [0.1, 0.15) is 0 Å². The maximum Gasteiger partial charge on any atom is 0.273 e. The lowest BCUT2D eigenvalue weighted by atomic mass is 10.1. The minimum absolute atomic E-state index is 0.0820. The Morgan fingerprint density at radius 3 is 2.95 bits per heavy atom. The molecule has 0 bridgehead atoms. The topological polar surface area (TPSA) is 88.2 Å². The van der Waals surface area contributed by atoms with Crippen molar-refractivity contribution in [3.05, 3.63) is 36.3 Å². The van der Waals surface area contributed by atoms with Crippen LogP contribution in [0.15, 0.2) is 35.1 Å². The van der Waals surface area contributed by atoms with Crippen LogP contribution in [-0.4, -0.2) is 33.8 Å². The fourth-order valence-electron chi connectivity index (χ4n) is 1.55. The largest absolute Gasteiger partial charge is 0.391 e. The molecule has 0 aliphatic rings. The second-order valence-corrected chi connectivity index (χ2v) is 4.84. The Labute approximate surface area is 116 Å². The summed E-state index contributed by atoms with van der Waals surface area (Å²) in [7, 11) is 0. The predicted octanol–water partition coefficient (Wildman–Crippen LogP) is 1.48. The molecule has 2 rings (SSSR count). The molecule has 0 saturated heterocycles. The molecular formula is C14H17N3O3. The molecule has 0 aliphatic heterocycles. The Balaban J connectivity index is 2.00. The van der Waals surface area contributed by atoms with Crippen LogP contribution in [0.1, 0.15) is 24.3 Å². The summed E-state index contributed by atoms with van der Waals surface area (Å²) in [5, 5.41) is 16.0. The molecule has 20 heavy (non-hydrogen) atoms. The quantitative estimate of drug-likeness (QED) is 0.863. The third-order valence-electron chi connectivity index (χ3n) is 2.93. The maximum atomic E-state index is 11.9. The average molecular weight is 275 g/mol. The van der Waals surface area contributed by atoms with E-state index >= 15 is 0 Å². The van der Waals surface area contributed by atoms with Crippen LogP contribution in [0.5, 0.6) is 0 Å². The fraction of sp³-hybridized carbons (Fsp3) is 0.357. The summed E-state index contributed by atoms with van der Waals surface area (Å²) in [6.07, 6.45) is 2.70.